The number of amides is 1. The van der Waals surface area contributed by atoms with Crippen LogP contribution >= 0.6 is 0 Å². The van der Waals surface area contributed by atoms with Gasteiger partial charge in [-0.15, -0.1) is 0 Å². The summed E-state index contributed by atoms with van der Waals surface area (Å²) >= 11 is 0. The molecule has 0 aromatic heterocycles. The summed E-state index contributed by atoms with van der Waals surface area (Å²) in [6.07, 6.45) is -0.0456. The molecule has 2 aliphatic rings. The third-order valence-corrected chi connectivity index (χ3v) is 11.8. The third-order valence-electron chi connectivity index (χ3n) is 11.8. The maximum absolute atomic E-state index is 13.3. The molecule has 7 N–H and O–H groups in total. The molecule has 17 heteroatoms. The Morgan fingerprint density at radius 2 is 0.803 bits per heavy atom. The van der Waals surface area contributed by atoms with E-state index >= 15 is 0 Å². The van der Waals surface area contributed by atoms with Crippen LogP contribution in [0.2, 0.25) is 0 Å². The number of anilines is 2. The van der Waals surface area contributed by atoms with Crippen LogP contribution in [0, 0.1) is 6.92 Å². The fourth-order valence-corrected chi connectivity index (χ4v) is 7.81. The van der Waals surface area contributed by atoms with Gasteiger partial charge in [0.2, 0.25) is 0 Å². The molecule has 2 aliphatic heterocycles. The minimum atomic E-state index is -1.26. The number of carbonyl (C=O) groups excluding carboxylic acids is 6. The number of hydrogen-bond acceptors (Lipinski definition) is 14. The second-order valence-corrected chi connectivity index (χ2v) is 17.0. The predicted molar refractivity (Wildman–Crippen MR) is 278 cm³/mol. The van der Waals surface area contributed by atoms with E-state index in [2.05, 4.69) is 14.8 Å². The maximum Gasteiger partial charge on any atom is 0.346 e. The molecule has 17 nitrogen and oxygen atoms in total. The molecule has 0 bridgehead atoms. The zero-order valence-corrected chi connectivity index (χ0v) is 40.3. The molecule has 2 heterocycles. The lowest BCUT2D eigenvalue weighted by atomic mass is 9.92. The second kappa shape index (κ2) is 22.4. The molecule has 0 spiro atoms. The van der Waals surface area contributed by atoms with Gasteiger partial charge in [0.25, 0.3) is 5.91 Å². The lowest BCUT2D eigenvalue weighted by Gasteiger charge is -2.12. The van der Waals surface area contributed by atoms with Crippen molar-refractivity contribution < 1.29 is 67.5 Å². The molecule has 0 radical (unpaired) electrons. The van der Waals surface area contributed by atoms with Crippen LogP contribution in [0.1, 0.15) is 94.0 Å². The van der Waals surface area contributed by atoms with E-state index in [-0.39, 0.29) is 50.9 Å². The topological polar surface area (TPSA) is 278 Å². The monoisotopic (exact) mass is 1020 g/mol. The van der Waals surface area contributed by atoms with Crippen molar-refractivity contribution in [1.82, 2.24) is 5.32 Å². The number of Topliss-reactive ketones (excluding diaryl/α,β-unsaturated/α-hetero) is 1. The molecule has 0 fully saturated rings. The fourth-order valence-electron chi connectivity index (χ4n) is 7.81. The first-order valence-corrected chi connectivity index (χ1v) is 23.0. The first kappa shape index (κ1) is 51.7. The Hall–Kier alpha value is -10.7. The molecule has 76 heavy (non-hydrogen) atoms. The van der Waals surface area contributed by atoms with Gasteiger partial charge >= 0.3 is 35.8 Å². The number of rotatable bonds is 12. The summed E-state index contributed by atoms with van der Waals surface area (Å²) in [5, 5.41) is 21.5. The summed E-state index contributed by atoms with van der Waals surface area (Å²) < 4.78 is 20.5. The second-order valence-electron chi connectivity index (χ2n) is 17.0. The van der Waals surface area contributed by atoms with Crippen molar-refractivity contribution in [1.29, 1.82) is 0 Å². The van der Waals surface area contributed by atoms with Crippen LogP contribution in [0.3, 0.4) is 0 Å². The molecule has 378 valence electrons. The molecule has 0 saturated heterocycles. The standard InChI is InChI=1S/C31H25NO7.C16H6O6.C12H12N2O/c1-18-3-9-22(10-4-18)39-23-11-5-19(6-12-23)15-28(33)26-16-20(7-13-24(26)30(35)36)21-8-14-25(31(37)38)27(17-21)29(34)32-2;17-13-9-3-1-7(5-11(9)15(19)21-13)8-2-4-10-12(6-8)16(20)22-14(10)18;13-9-1-5-11(6-2-9)15-12-7-3-10(14)4-8-12/h3-14,16-17H,15H2,1-2H3,(H,32,34)(H,35,36)(H,37,38);1-6H;1-8H,13-14H2. The van der Waals surface area contributed by atoms with Crippen molar-refractivity contribution in [2.24, 2.45) is 0 Å². The Morgan fingerprint density at radius 1 is 0.447 bits per heavy atom. The number of carbonyl (C=O) groups is 8. The van der Waals surface area contributed by atoms with Gasteiger partial charge in [0.05, 0.1) is 38.9 Å². The lowest BCUT2D eigenvalue weighted by molar-refractivity contribution is 0.0425. The Morgan fingerprint density at radius 3 is 1.22 bits per heavy atom. The molecule has 0 aliphatic carbocycles. The minimum Gasteiger partial charge on any atom is -0.478 e. The number of aromatic carboxylic acids is 2. The summed E-state index contributed by atoms with van der Waals surface area (Å²) in [4.78, 5) is 95.0. The van der Waals surface area contributed by atoms with Crippen molar-refractivity contribution in [3.8, 4) is 45.3 Å². The van der Waals surface area contributed by atoms with E-state index in [0.717, 1.165) is 28.4 Å². The molecule has 8 aromatic rings. The van der Waals surface area contributed by atoms with Gasteiger partial charge in [-0.25, -0.2) is 28.8 Å². The number of esters is 4. The number of nitrogens with one attached hydrogen (secondary N) is 1. The van der Waals surface area contributed by atoms with Crippen LogP contribution in [0.25, 0.3) is 22.3 Å². The molecule has 0 unspecified atom stereocenters. The van der Waals surface area contributed by atoms with Crippen molar-refractivity contribution in [2.75, 3.05) is 18.5 Å². The van der Waals surface area contributed by atoms with E-state index in [1.165, 1.54) is 67.7 Å². The highest BCUT2D eigenvalue weighted by molar-refractivity contribution is 6.16. The zero-order valence-electron chi connectivity index (χ0n) is 40.3. The highest BCUT2D eigenvalue weighted by atomic mass is 16.6. The molecular weight excluding hydrogens is 975 g/mol. The number of aryl methyl sites for hydroxylation is 1. The normalized spacial score (nSPS) is 11.8. The Labute approximate surface area is 432 Å². The summed E-state index contributed by atoms with van der Waals surface area (Å²) in [5.74, 6) is -3.44. The molecule has 8 aromatic carbocycles. The van der Waals surface area contributed by atoms with E-state index < -0.39 is 47.5 Å². The van der Waals surface area contributed by atoms with Crippen LogP contribution in [0.4, 0.5) is 11.4 Å². The van der Waals surface area contributed by atoms with E-state index in [4.69, 9.17) is 20.9 Å². The van der Waals surface area contributed by atoms with Gasteiger partial charge < -0.3 is 45.9 Å². The van der Waals surface area contributed by atoms with Gasteiger partial charge in [-0.05, 0) is 156 Å². The van der Waals surface area contributed by atoms with Gasteiger partial charge in [0.15, 0.2) is 5.78 Å². The van der Waals surface area contributed by atoms with E-state index in [9.17, 15) is 48.6 Å². The quantitative estimate of drug-likeness (QED) is 0.0329. The summed E-state index contributed by atoms with van der Waals surface area (Å²) in [5.41, 5.74) is 17.0. The smallest absolute Gasteiger partial charge is 0.346 e. The van der Waals surface area contributed by atoms with E-state index in [1.807, 2.05) is 55.5 Å². The van der Waals surface area contributed by atoms with E-state index in [0.29, 0.717) is 39.3 Å². The summed E-state index contributed by atoms with van der Waals surface area (Å²) in [7, 11) is 1.39. The van der Waals surface area contributed by atoms with Crippen molar-refractivity contribution in [3.63, 3.8) is 0 Å². The van der Waals surface area contributed by atoms with Gasteiger partial charge in [0.1, 0.15) is 23.0 Å². The molecule has 10 rings (SSSR count). The summed E-state index contributed by atoms with van der Waals surface area (Å²) in [6.45, 7) is 1.98. The van der Waals surface area contributed by atoms with Crippen molar-refractivity contribution >= 4 is 58.9 Å². The van der Waals surface area contributed by atoms with Crippen LogP contribution < -0.4 is 26.3 Å². The first-order chi connectivity index (χ1) is 36.4. The highest BCUT2D eigenvalue weighted by Gasteiger charge is 2.32. The lowest BCUT2D eigenvalue weighted by Crippen LogP contribution is -2.21. The number of nitrogens with two attached hydrogens (primary N) is 2. The number of ketones is 1. The van der Waals surface area contributed by atoms with Crippen LogP contribution in [0.15, 0.2) is 170 Å². The molecule has 1 amide bonds. The Bertz CT molecular complexity index is 3510. The van der Waals surface area contributed by atoms with Gasteiger partial charge in [0, 0.05) is 30.4 Å². The van der Waals surface area contributed by atoms with Crippen LogP contribution in [-0.2, 0) is 15.9 Å². The van der Waals surface area contributed by atoms with E-state index in [1.54, 1.807) is 60.7 Å². The molecule has 0 atom stereocenters. The van der Waals surface area contributed by atoms with Gasteiger partial charge in [-0.1, -0.05) is 54.1 Å². The van der Waals surface area contributed by atoms with Crippen molar-refractivity contribution in [3.05, 3.63) is 225 Å². The third kappa shape index (κ3) is 12.0. The highest BCUT2D eigenvalue weighted by Crippen LogP contribution is 2.32. The van der Waals surface area contributed by atoms with Crippen LogP contribution in [0.5, 0.6) is 23.0 Å². The fraction of sp³-hybridized carbons (Fsp3) is 0.0508. The number of carboxylic acid groups (broad SMARTS) is 2. The minimum absolute atomic E-state index is 0.00351. The molecular formula is C59H43N3O14. The Balaban J connectivity index is 0.000000172. The number of cyclic esters (lactones) is 4. The Kier molecular flexibility index (Phi) is 15.2. The van der Waals surface area contributed by atoms with Gasteiger partial charge in [-0.3, -0.25) is 9.59 Å². The zero-order chi connectivity index (χ0) is 54.2. The SMILES string of the molecule is CNC(=O)c1cc(-c2ccc(C(=O)O)c(C(=O)Cc3ccc(Oc4ccc(C)cc4)cc3)c2)ccc1C(=O)O.Nc1ccc(Oc2ccc(N)cc2)cc1.O=C1OC(=O)c2cc(-c3ccc4c(c3)C(=O)OC4=O)ccc21. The van der Waals surface area contributed by atoms with Crippen LogP contribution in [-0.4, -0.2) is 64.8 Å². The number of carboxylic acids is 2. The predicted octanol–water partition coefficient (Wildman–Crippen LogP) is 10.3. The number of fused-ring (bicyclic) bond motifs is 2. The largest absolute Gasteiger partial charge is 0.478 e. The molecule has 0 saturated carbocycles. The number of hydrogen-bond donors (Lipinski definition) is 5. The van der Waals surface area contributed by atoms with Gasteiger partial charge in [-0.2, -0.15) is 0 Å². The average molecular weight is 1020 g/mol. The number of benzene rings is 8. The number of ether oxygens (including phenoxy) is 4. The average Bonchev–Trinajstić information content (AvgIpc) is 3.92. The first-order valence-electron chi connectivity index (χ1n) is 23.0. The number of nitrogen functional groups attached to an aromatic ring is 2. The summed E-state index contributed by atoms with van der Waals surface area (Å²) in [6, 6.07) is 46.9. The maximum atomic E-state index is 13.3. The van der Waals surface area contributed by atoms with Crippen molar-refractivity contribution in [2.45, 2.75) is 13.3 Å².